The monoisotopic (exact) mass is 250 g/mol. The summed E-state index contributed by atoms with van der Waals surface area (Å²) in [6.45, 7) is 0. The van der Waals surface area contributed by atoms with Crippen LogP contribution in [0.5, 0.6) is 0 Å². The molecule has 3 aliphatic rings. The van der Waals surface area contributed by atoms with E-state index in [0.29, 0.717) is 7.92 Å². The largest absolute Gasteiger partial charge is 0.0971 e. The molecule has 2 aliphatic heterocycles. The standard InChI is InChI=1S/C16H27P/c1-2-4-8-14(9-5-3-1)17-15-10-6-11-16(17)13-7-12-15/h1-2,14-16H,3-13H2. The molecule has 2 saturated heterocycles. The first-order valence-electron chi connectivity index (χ1n) is 7.87. The van der Waals surface area contributed by atoms with Crippen LogP contribution in [0.2, 0.25) is 0 Å². The molecular formula is C16H27P. The van der Waals surface area contributed by atoms with E-state index in [2.05, 4.69) is 12.2 Å². The summed E-state index contributed by atoms with van der Waals surface area (Å²) in [6.07, 6.45) is 21.6. The van der Waals surface area contributed by atoms with Crippen molar-refractivity contribution >= 4 is 7.92 Å². The Hall–Kier alpha value is 0.170. The van der Waals surface area contributed by atoms with Crippen molar-refractivity contribution in [2.45, 2.75) is 87.6 Å². The van der Waals surface area contributed by atoms with Gasteiger partial charge in [-0.15, -0.1) is 0 Å². The van der Waals surface area contributed by atoms with E-state index in [0.717, 1.165) is 5.66 Å². The minimum absolute atomic E-state index is 0.409. The van der Waals surface area contributed by atoms with Crippen molar-refractivity contribution in [3.05, 3.63) is 12.2 Å². The predicted molar refractivity (Wildman–Crippen MR) is 78.2 cm³/mol. The summed E-state index contributed by atoms with van der Waals surface area (Å²) < 4.78 is 0. The Labute approximate surface area is 108 Å². The molecule has 0 N–H and O–H groups in total. The fraction of sp³-hybridized carbons (Fsp3) is 0.875. The molecule has 3 rings (SSSR count). The predicted octanol–water partition coefficient (Wildman–Crippen LogP) is 5.46. The molecule has 17 heavy (non-hydrogen) atoms. The molecule has 1 atom stereocenters. The second kappa shape index (κ2) is 5.87. The van der Waals surface area contributed by atoms with Gasteiger partial charge in [-0.1, -0.05) is 32.9 Å². The maximum absolute atomic E-state index is 2.46. The van der Waals surface area contributed by atoms with Crippen molar-refractivity contribution in [2.75, 3.05) is 0 Å². The fourth-order valence-corrected chi connectivity index (χ4v) is 9.04. The zero-order chi connectivity index (χ0) is 11.5. The first-order chi connectivity index (χ1) is 8.45. The lowest BCUT2D eigenvalue weighted by molar-refractivity contribution is 0.464. The average molecular weight is 250 g/mol. The molecule has 2 bridgehead atoms. The minimum atomic E-state index is 0.409. The second-order valence-electron chi connectivity index (χ2n) is 6.25. The Morgan fingerprint density at radius 2 is 1.12 bits per heavy atom. The summed E-state index contributed by atoms with van der Waals surface area (Å²) in [5.41, 5.74) is 3.52. The van der Waals surface area contributed by atoms with E-state index >= 15 is 0 Å². The summed E-state index contributed by atoms with van der Waals surface area (Å²) >= 11 is 0. The molecule has 2 fully saturated rings. The Morgan fingerprint density at radius 3 is 1.82 bits per heavy atom. The van der Waals surface area contributed by atoms with E-state index in [9.17, 15) is 0 Å². The van der Waals surface area contributed by atoms with E-state index < -0.39 is 0 Å². The zero-order valence-corrected chi connectivity index (χ0v) is 12.0. The molecule has 1 heteroatoms. The summed E-state index contributed by atoms with van der Waals surface area (Å²) in [5.74, 6) is 0. The smallest absolute Gasteiger partial charge is 0.0201 e. The maximum atomic E-state index is 2.46. The van der Waals surface area contributed by atoms with Crippen LogP contribution in [0.4, 0.5) is 0 Å². The van der Waals surface area contributed by atoms with E-state index in [-0.39, 0.29) is 0 Å². The van der Waals surface area contributed by atoms with Gasteiger partial charge in [0.2, 0.25) is 0 Å². The molecule has 1 unspecified atom stereocenters. The number of fused-ring (bicyclic) bond motifs is 2. The molecule has 0 aromatic rings. The third kappa shape index (κ3) is 2.78. The Balaban J connectivity index is 1.70. The van der Waals surface area contributed by atoms with Gasteiger partial charge in [0.1, 0.15) is 0 Å². The minimum Gasteiger partial charge on any atom is -0.0971 e. The molecule has 0 amide bonds. The molecule has 0 aromatic carbocycles. The lowest BCUT2D eigenvalue weighted by Crippen LogP contribution is -2.31. The summed E-state index contributed by atoms with van der Waals surface area (Å²) in [4.78, 5) is 0. The van der Waals surface area contributed by atoms with E-state index in [1.54, 1.807) is 44.9 Å². The third-order valence-electron chi connectivity index (χ3n) is 5.16. The molecule has 0 spiro atoms. The average Bonchev–Trinajstić information content (AvgIpc) is 2.27. The highest BCUT2D eigenvalue weighted by molar-refractivity contribution is 7.60. The van der Waals surface area contributed by atoms with Crippen LogP contribution in [0.15, 0.2) is 12.2 Å². The molecule has 2 heterocycles. The second-order valence-corrected chi connectivity index (χ2v) is 9.34. The van der Waals surface area contributed by atoms with Gasteiger partial charge in [0.15, 0.2) is 0 Å². The van der Waals surface area contributed by atoms with Crippen LogP contribution >= 0.6 is 7.92 Å². The zero-order valence-electron chi connectivity index (χ0n) is 11.1. The van der Waals surface area contributed by atoms with Gasteiger partial charge in [0.25, 0.3) is 0 Å². The number of rotatable bonds is 1. The van der Waals surface area contributed by atoms with Gasteiger partial charge in [-0.05, 0) is 74.8 Å². The van der Waals surface area contributed by atoms with Crippen LogP contribution in [-0.2, 0) is 0 Å². The van der Waals surface area contributed by atoms with E-state index in [1.807, 2.05) is 0 Å². The van der Waals surface area contributed by atoms with Crippen LogP contribution in [0.25, 0.3) is 0 Å². The van der Waals surface area contributed by atoms with Crippen LogP contribution in [0.1, 0.15) is 70.6 Å². The van der Waals surface area contributed by atoms with Crippen molar-refractivity contribution in [2.24, 2.45) is 0 Å². The van der Waals surface area contributed by atoms with Gasteiger partial charge in [0.05, 0.1) is 0 Å². The van der Waals surface area contributed by atoms with Crippen molar-refractivity contribution in [1.29, 1.82) is 0 Å². The molecule has 0 nitrogen and oxygen atoms in total. The van der Waals surface area contributed by atoms with Crippen LogP contribution < -0.4 is 0 Å². The van der Waals surface area contributed by atoms with Crippen LogP contribution in [0, 0.1) is 0 Å². The molecule has 0 radical (unpaired) electrons. The number of hydrogen-bond acceptors (Lipinski definition) is 0. The maximum Gasteiger partial charge on any atom is -0.0201 e. The van der Waals surface area contributed by atoms with Crippen LogP contribution in [0.3, 0.4) is 0 Å². The fourth-order valence-electron chi connectivity index (χ4n) is 4.40. The SMILES string of the molecule is C1=CCCC(P2C3CCCC2CCC3)CCC1. The molecular weight excluding hydrogens is 223 g/mol. The molecule has 0 saturated carbocycles. The highest BCUT2D eigenvalue weighted by Gasteiger charge is 2.39. The number of allylic oxidation sites excluding steroid dienone is 2. The lowest BCUT2D eigenvalue weighted by Gasteiger charge is -2.47. The first-order valence-corrected chi connectivity index (χ1v) is 9.42. The van der Waals surface area contributed by atoms with Gasteiger partial charge >= 0.3 is 0 Å². The normalized spacial score (nSPS) is 42.8. The summed E-state index contributed by atoms with van der Waals surface area (Å²) in [5, 5.41) is 0. The van der Waals surface area contributed by atoms with Crippen molar-refractivity contribution in [3.63, 3.8) is 0 Å². The van der Waals surface area contributed by atoms with Crippen molar-refractivity contribution in [3.8, 4) is 0 Å². The van der Waals surface area contributed by atoms with Gasteiger partial charge in [0, 0.05) is 0 Å². The lowest BCUT2D eigenvalue weighted by atomic mass is 9.98. The highest BCUT2D eigenvalue weighted by atomic mass is 31.1. The van der Waals surface area contributed by atoms with Crippen LogP contribution in [-0.4, -0.2) is 17.0 Å². The quantitative estimate of drug-likeness (QED) is 0.428. The van der Waals surface area contributed by atoms with Gasteiger partial charge in [-0.25, -0.2) is 0 Å². The molecule has 1 aliphatic carbocycles. The summed E-state index contributed by atoms with van der Waals surface area (Å²) in [6, 6.07) is 0. The van der Waals surface area contributed by atoms with Crippen molar-refractivity contribution < 1.29 is 0 Å². The first kappa shape index (κ1) is 12.2. The highest BCUT2D eigenvalue weighted by Crippen LogP contribution is 2.64. The topological polar surface area (TPSA) is 0 Å². The van der Waals surface area contributed by atoms with Crippen molar-refractivity contribution in [1.82, 2.24) is 0 Å². The Morgan fingerprint density at radius 1 is 0.588 bits per heavy atom. The van der Waals surface area contributed by atoms with E-state index in [4.69, 9.17) is 0 Å². The van der Waals surface area contributed by atoms with E-state index in [1.165, 1.54) is 37.0 Å². The van der Waals surface area contributed by atoms with Gasteiger partial charge < -0.3 is 0 Å². The molecule has 96 valence electrons. The Bertz CT molecular complexity index is 249. The molecule has 0 aromatic heterocycles. The van der Waals surface area contributed by atoms with Gasteiger partial charge in [-0.2, -0.15) is 0 Å². The number of hydrogen-bond donors (Lipinski definition) is 0. The third-order valence-corrected chi connectivity index (χ3v) is 9.23. The summed E-state index contributed by atoms with van der Waals surface area (Å²) in [7, 11) is 0.409. The Kier molecular flexibility index (Phi) is 4.22. The van der Waals surface area contributed by atoms with Gasteiger partial charge in [-0.3, -0.25) is 0 Å².